The van der Waals surface area contributed by atoms with E-state index in [0.717, 1.165) is 19.6 Å². The molecule has 1 amide bonds. The lowest BCUT2D eigenvalue weighted by molar-refractivity contribution is -0.172. The van der Waals surface area contributed by atoms with E-state index in [2.05, 4.69) is 4.74 Å². The Balaban J connectivity index is 2.80. The first-order valence-corrected chi connectivity index (χ1v) is 5.52. The lowest BCUT2D eigenvalue weighted by Gasteiger charge is -2.20. The number of hydrogen-bond donors (Lipinski definition) is 1. The third-order valence-electron chi connectivity index (χ3n) is 2.71. The van der Waals surface area contributed by atoms with Crippen molar-refractivity contribution in [3.8, 4) is 0 Å². The van der Waals surface area contributed by atoms with Crippen molar-refractivity contribution in [2.24, 2.45) is 11.1 Å². The molecule has 0 heterocycles. The zero-order chi connectivity index (χ0) is 14.5. The number of methoxy groups -OCH3 is 1. The molecule has 0 fully saturated rings. The fraction of sp³-hybridized carbons (Fsp3) is 0.308. The summed E-state index contributed by atoms with van der Waals surface area (Å²) in [6.45, 7) is 1.02. The van der Waals surface area contributed by atoms with E-state index >= 15 is 0 Å². The SMILES string of the molecule is COC(=O)C(C)(C(N)=O)C(=O)OCc1ccccc1. The van der Waals surface area contributed by atoms with Crippen molar-refractivity contribution in [2.45, 2.75) is 13.5 Å². The average Bonchev–Trinajstić information content (AvgIpc) is 2.43. The van der Waals surface area contributed by atoms with E-state index in [1.165, 1.54) is 0 Å². The Morgan fingerprint density at radius 2 is 1.74 bits per heavy atom. The summed E-state index contributed by atoms with van der Waals surface area (Å²) in [5.41, 5.74) is 3.67. The summed E-state index contributed by atoms with van der Waals surface area (Å²) in [6.07, 6.45) is 0. The Labute approximate surface area is 110 Å². The second-order valence-corrected chi connectivity index (χ2v) is 4.04. The van der Waals surface area contributed by atoms with Gasteiger partial charge in [-0.25, -0.2) is 0 Å². The Hall–Kier alpha value is -2.37. The molecule has 0 aliphatic rings. The van der Waals surface area contributed by atoms with E-state index in [9.17, 15) is 14.4 Å². The number of ether oxygens (including phenoxy) is 2. The summed E-state index contributed by atoms with van der Waals surface area (Å²) in [5.74, 6) is -3.19. The minimum atomic E-state index is -2.14. The van der Waals surface area contributed by atoms with Crippen molar-refractivity contribution < 1.29 is 23.9 Å². The average molecular weight is 265 g/mol. The van der Waals surface area contributed by atoms with Crippen molar-refractivity contribution in [2.75, 3.05) is 7.11 Å². The minimum absolute atomic E-state index is 0.0560. The summed E-state index contributed by atoms with van der Waals surface area (Å²) >= 11 is 0. The summed E-state index contributed by atoms with van der Waals surface area (Å²) in [5, 5.41) is 0. The standard InChI is InChI=1S/C13H15NO5/c1-13(10(14)15,11(16)18-2)12(17)19-8-9-6-4-3-5-7-9/h3-7H,8H2,1-2H3,(H2,14,15). The molecule has 2 N–H and O–H groups in total. The van der Waals surface area contributed by atoms with Gasteiger partial charge < -0.3 is 15.2 Å². The predicted molar refractivity (Wildman–Crippen MR) is 65.6 cm³/mol. The second kappa shape index (κ2) is 5.99. The maximum Gasteiger partial charge on any atom is 0.333 e. The first kappa shape index (κ1) is 14.7. The lowest BCUT2D eigenvalue weighted by Crippen LogP contribution is -2.49. The lowest BCUT2D eigenvalue weighted by atomic mass is 9.90. The number of benzene rings is 1. The zero-order valence-electron chi connectivity index (χ0n) is 10.7. The van der Waals surface area contributed by atoms with Gasteiger partial charge in [-0.2, -0.15) is 0 Å². The van der Waals surface area contributed by atoms with Gasteiger partial charge in [0.25, 0.3) is 0 Å². The van der Waals surface area contributed by atoms with Crippen LogP contribution in [0.3, 0.4) is 0 Å². The van der Waals surface area contributed by atoms with Gasteiger partial charge in [0, 0.05) is 0 Å². The molecular formula is C13H15NO5. The van der Waals surface area contributed by atoms with E-state index in [0.29, 0.717) is 0 Å². The van der Waals surface area contributed by atoms with Gasteiger partial charge in [0.2, 0.25) is 11.3 Å². The van der Waals surface area contributed by atoms with Crippen molar-refractivity contribution >= 4 is 17.8 Å². The van der Waals surface area contributed by atoms with E-state index < -0.39 is 23.3 Å². The predicted octanol–water partition coefficient (Wildman–Crippen LogP) is 0.394. The summed E-state index contributed by atoms with van der Waals surface area (Å²) in [6, 6.07) is 8.85. The van der Waals surface area contributed by atoms with Gasteiger partial charge in [-0.1, -0.05) is 30.3 Å². The summed E-state index contributed by atoms with van der Waals surface area (Å²) in [7, 11) is 1.06. The molecule has 1 rings (SSSR count). The Bertz CT molecular complexity index is 485. The third kappa shape index (κ3) is 3.09. The number of nitrogens with two attached hydrogens (primary N) is 1. The number of primary amides is 1. The first-order chi connectivity index (χ1) is 8.92. The van der Waals surface area contributed by atoms with Crippen LogP contribution in [-0.4, -0.2) is 25.0 Å². The molecule has 0 spiro atoms. The third-order valence-corrected chi connectivity index (χ3v) is 2.71. The van der Waals surface area contributed by atoms with Crippen LogP contribution in [0.1, 0.15) is 12.5 Å². The van der Waals surface area contributed by atoms with E-state index in [1.807, 2.05) is 6.07 Å². The number of amides is 1. The maximum atomic E-state index is 11.9. The first-order valence-electron chi connectivity index (χ1n) is 5.52. The van der Waals surface area contributed by atoms with Gasteiger partial charge >= 0.3 is 11.9 Å². The quantitative estimate of drug-likeness (QED) is 0.614. The molecule has 0 saturated heterocycles. The molecule has 19 heavy (non-hydrogen) atoms. The normalized spacial score (nSPS) is 13.2. The number of hydrogen-bond acceptors (Lipinski definition) is 5. The molecule has 1 aromatic carbocycles. The molecule has 0 aliphatic heterocycles. The molecule has 0 saturated carbocycles. The molecule has 0 aliphatic carbocycles. The number of esters is 2. The van der Waals surface area contributed by atoms with Crippen LogP contribution in [0.5, 0.6) is 0 Å². The van der Waals surface area contributed by atoms with Crippen molar-refractivity contribution in [3.05, 3.63) is 35.9 Å². The smallest absolute Gasteiger partial charge is 0.333 e. The Morgan fingerprint density at radius 1 is 1.16 bits per heavy atom. The van der Waals surface area contributed by atoms with Crippen LogP contribution in [0, 0.1) is 5.41 Å². The molecule has 6 heteroatoms. The molecular weight excluding hydrogens is 250 g/mol. The second-order valence-electron chi connectivity index (χ2n) is 4.04. The number of carbonyl (C=O) groups is 3. The van der Waals surface area contributed by atoms with E-state index in [-0.39, 0.29) is 6.61 Å². The van der Waals surface area contributed by atoms with Gasteiger partial charge in [-0.05, 0) is 12.5 Å². The molecule has 0 bridgehead atoms. The van der Waals surface area contributed by atoms with Crippen LogP contribution in [0.15, 0.2) is 30.3 Å². The van der Waals surface area contributed by atoms with Crippen LogP contribution in [0.4, 0.5) is 0 Å². The van der Waals surface area contributed by atoms with Crippen LogP contribution in [0.2, 0.25) is 0 Å². The molecule has 102 valence electrons. The Kier molecular flexibility index (Phi) is 4.63. The highest BCUT2D eigenvalue weighted by molar-refractivity contribution is 6.18. The maximum absolute atomic E-state index is 11.9. The monoisotopic (exact) mass is 265 g/mol. The fourth-order valence-corrected chi connectivity index (χ4v) is 1.36. The molecule has 0 radical (unpaired) electrons. The fourth-order valence-electron chi connectivity index (χ4n) is 1.36. The van der Waals surface area contributed by atoms with Gasteiger partial charge in [0.05, 0.1) is 7.11 Å². The highest BCUT2D eigenvalue weighted by Crippen LogP contribution is 2.21. The summed E-state index contributed by atoms with van der Waals surface area (Å²) < 4.78 is 9.35. The van der Waals surface area contributed by atoms with Gasteiger partial charge in [0.15, 0.2) is 0 Å². The largest absolute Gasteiger partial charge is 0.468 e. The molecule has 1 unspecified atom stereocenters. The van der Waals surface area contributed by atoms with Crippen LogP contribution >= 0.6 is 0 Å². The van der Waals surface area contributed by atoms with Gasteiger partial charge in [-0.15, -0.1) is 0 Å². The topological polar surface area (TPSA) is 95.7 Å². The van der Waals surface area contributed by atoms with Crippen molar-refractivity contribution in [1.29, 1.82) is 0 Å². The van der Waals surface area contributed by atoms with Crippen LogP contribution in [-0.2, 0) is 30.5 Å². The van der Waals surface area contributed by atoms with E-state index in [1.54, 1.807) is 24.3 Å². The molecule has 1 aromatic rings. The van der Waals surface area contributed by atoms with Crippen molar-refractivity contribution in [3.63, 3.8) is 0 Å². The highest BCUT2D eigenvalue weighted by Gasteiger charge is 2.50. The van der Waals surface area contributed by atoms with E-state index in [4.69, 9.17) is 10.5 Å². The van der Waals surface area contributed by atoms with Crippen molar-refractivity contribution in [1.82, 2.24) is 0 Å². The minimum Gasteiger partial charge on any atom is -0.468 e. The summed E-state index contributed by atoms with van der Waals surface area (Å²) in [4.78, 5) is 34.7. The van der Waals surface area contributed by atoms with Gasteiger partial charge in [0.1, 0.15) is 6.61 Å². The number of carbonyl (C=O) groups excluding carboxylic acids is 3. The van der Waals surface area contributed by atoms with Crippen LogP contribution in [0.25, 0.3) is 0 Å². The number of rotatable bonds is 5. The molecule has 0 aromatic heterocycles. The van der Waals surface area contributed by atoms with Crippen LogP contribution < -0.4 is 5.73 Å². The molecule has 1 atom stereocenters. The highest BCUT2D eigenvalue weighted by atomic mass is 16.6. The Morgan fingerprint density at radius 3 is 2.21 bits per heavy atom. The zero-order valence-corrected chi connectivity index (χ0v) is 10.7. The van der Waals surface area contributed by atoms with Gasteiger partial charge in [-0.3, -0.25) is 14.4 Å². The molecule has 6 nitrogen and oxygen atoms in total.